The molecule has 4 unspecified atom stereocenters. The van der Waals surface area contributed by atoms with Gasteiger partial charge < -0.3 is 33.2 Å². The minimum atomic E-state index is -0.137. The van der Waals surface area contributed by atoms with Crippen molar-refractivity contribution in [1.29, 1.82) is 0 Å². The smallest absolute Gasteiger partial charge is 0.127 e. The van der Waals surface area contributed by atoms with Gasteiger partial charge in [-0.3, -0.25) is 0 Å². The van der Waals surface area contributed by atoms with Crippen LogP contribution < -0.4 is 33.2 Å². The predicted molar refractivity (Wildman–Crippen MR) is 607 cm³/mol. The lowest BCUT2D eigenvalue weighted by molar-refractivity contribution is 0.126. The van der Waals surface area contributed by atoms with Crippen LogP contribution in [-0.2, 0) is 0 Å². The van der Waals surface area contributed by atoms with Crippen molar-refractivity contribution < 1.29 is 33.2 Å². The van der Waals surface area contributed by atoms with Crippen LogP contribution in [0.2, 0.25) is 0 Å². The van der Waals surface area contributed by atoms with E-state index in [0.29, 0.717) is 82.9 Å². The van der Waals surface area contributed by atoms with Gasteiger partial charge in [-0.05, 0) is 482 Å². The van der Waals surface area contributed by atoms with Crippen molar-refractivity contribution in [2.75, 3.05) is 0 Å². The molecule has 0 heterocycles. The Kier molecular flexibility index (Phi) is 43.5. The van der Waals surface area contributed by atoms with Crippen molar-refractivity contribution in [3.05, 3.63) is 205 Å². The second-order valence-corrected chi connectivity index (χ2v) is 51.9. The normalized spacial score (nSPS) is 18.7. The van der Waals surface area contributed by atoms with Crippen LogP contribution in [0.1, 0.15) is 586 Å². The van der Waals surface area contributed by atoms with E-state index in [4.69, 9.17) is 33.2 Å². The fraction of sp³-hybridized carbons (Fsp3) is 0.684. The SMILES string of the molecule is CCC(C)c1cccc(C(C)C2CC2)c1OC(C)(C)C.CCC(C)c1cccc([C@@H](C)C2CC2)c1OC(C)(C)C.CCC(C)c1cccc([C@H](C)C2CC2)c1OC(C)(C)C.CC[C@@H](C)c1cccc([C@@H](C)C2CC2)c1OC(C)(C)C.CC[C@@H](C)c1cccc([C@H](C)C2CC2)c1OC(C)(C)C.CC[C@H](C)c1cccc([C@@H](C)C2CC2)c1OC(C)(C)C.CC[C@H](C)c1cccc([C@H](C)C2CC2)c1OC(C)(C)C. The Morgan fingerprint density at radius 3 is 0.321 bits per heavy atom. The summed E-state index contributed by atoms with van der Waals surface area (Å²) in [5, 5.41) is 0. The highest BCUT2D eigenvalue weighted by Crippen LogP contribution is 2.56. The van der Waals surface area contributed by atoms with E-state index in [-0.39, 0.29) is 39.2 Å². The van der Waals surface area contributed by atoms with Gasteiger partial charge in [0.2, 0.25) is 0 Å². The summed E-state index contributed by atoms with van der Waals surface area (Å²) in [7, 11) is 0. The molecular weight excluding hydrogens is 1710 g/mol. The van der Waals surface area contributed by atoms with Crippen molar-refractivity contribution in [3.63, 3.8) is 0 Å². The molecule has 0 aliphatic heterocycles. The Hall–Kier alpha value is -6.86. The van der Waals surface area contributed by atoms with Gasteiger partial charge in [0.1, 0.15) is 79.5 Å². The van der Waals surface area contributed by atoms with Crippen LogP contribution in [0.5, 0.6) is 40.2 Å². The topological polar surface area (TPSA) is 64.6 Å². The Morgan fingerprint density at radius 1 is 0.164 bits per heavy atom. The van der Waals surface area contributed by atoms with E-state index in [1.807, 2.05) is 0 Å². The lowest BCUT2D eigenvalue weighted by atomic mass is 9.89. The molecule has 140 heavy (non-hydrogen) atoms. The maximum atomic E-state index is 6.39. The summed E-state index contributed by atoms with van der Waals surface area (Å²) in [4.78, 5) is 0. The summed E-state index contributed by atoms with van der Waals surface area (Å²) < 4.78 is 44.7. The number of rotatable bonds is 35. The second kappa shape index (κ2) is 51.5. The molecule has 0 spiro atoms. The van der Waals surface area contributed by atoms with Crippen LogP contribution >= 0.6 is 0 Å². The third kappa shape index (κ3) is 37.0. The lowest BCUT2D eigenvalue weighted by Gasteiger charge is -2.29. The Balaban J connectivity index is 0.000000200. The van der Waals surface area contributed by atoms with Gasteiger partial charge in [0.05, 0.1) is 0 Å². The molecule has 7 heteroatoms. The van der Waals surface area contributed by atoms with E-state index in [0.717, 1.165) is 127 Å². The molecule has 7 saturated carbocycles. The summed E-state index contributed by atoms with van der Waals surface area (Å²) in [6.07, 6.45) is 27.4. The van der Waals surface area contributed by atoms with Crippen molar-refractivity contribution in [1.82, 2.24) is 0 Å². The fourth-order valence-electron chi connectivity index (χ4n) is 19.7. The van der Waals surface area contributed by atoms with E-state index in [2.05, 4.69) is 418 Å². The molecule has 7 aromatic carbocycles. The van der Waals surface area contributed by atoms with E-state index in [9.17, 15) is 0 Å². The van der Waals surface area contributed by atoms with Gasteiger partial charge in [-0.2, -0.15) is 0 Å². The summed E-state index contributed by atoms with van der Waals surface area (Å²) in [5.41, 5.74) is 18.6. The minimum Gasteiger partial charge on any atom is -0.488 e. The van der Waals surface area contributed by atoms with E-state index in [1.54, 1.807) is 0 Å². The van der Waals surface area contributed by atoms with Crippen LogP contribution in [0.25, 0.3) is 0 Å². The standard InChI is InChI=1S/7C19H30O/c7*1-7-13(2)16-9-8-10-17(14(3)15-11-12-15)18(16)20-19(4,5)6/h7*8-10,13-15H,7,11-12H2,1-6H3/t2*13?,14-;2*13-,14+;2*13-,14-;/m101010./s1. The van der Waals surface area contributed by atoms with Gasteiger partial charge in [0, 0.05) is 0 Å². The molecule has 0 N–H and O–H groups in total. The first kappa shape index (κ1) is 118. The second-order valence-electron chi connectivity index (χ2n) is 51.9. The predicted octanol–water partition coefficient (Wildman–Crippen LogP) is 41.2. The third-order valence-corrected chi connectivity index (χ3v) is 31.1. The van der Waals surface area contributed by atoms with Crippen LogP contribution in [0.4, 0.5) is 0 Å². The molecule has 14 rings (SSSR count). The molecule has 0 saturated heterocycles. The largest absolute Gasteiger partial charge is 0.488 e. The molecule has 784 valence electrons. The molecule has 0 bridgehead atoms. The average molecular weight is 1920 g/mol. The van der Waals surface area contributed by atoms with E-state index in [1.165, 1.54) is 168 Å². The summed E-state index contributed by atoms with van der Waals surface area (Å²) >= 11 is 0. The number of hydrogen-bond acceptors (Lipinski definition) is 7. The maximum Gasteiger partial charge on any atom is 0.127 e. The average Bonchev–Trinajstić information content (AvgIpc) is 1.77. The number of hydrogen-bond donors (Lipinski definition) is 0. The van der Waals surface area contributed by atoms with Crippen molar-refractivity contribution in [3.8, 4) is 40.2 Å². The van der Waals surface area contributed by atoms with Crippen molar-refractivity contribution >= 4 is 0 Å². The molecule has 7 aliphatic rings. The Labute approximate surface area is 862 Å². The highest BCUT2D eigenvalue weighted by Gasteiger charge is 2.41. The monoisotopic (exact) mass is 1920 g/mol. The number of para-hydroxylation sites is 7. The Morgan fingerprint density at radius 2 is 0.250 bits per heavy atom. The zero-order valence-corrected chi connectivity index (χ0v) is 98.0. The van der Waals surface area contributed by atoms with E-state index < -0.39 is 0 Å². The van der Waals surface area contributed by atoms with Crippen molar-refractivity contribution in [2.45, 2.75) is 548 Å². The third-order valence-electron chi connectivity index (χ3n) is 31.1. The summed E-state index contributed by atoms with van der Waals surface area (Å²) in [6.45, 7) is 93.5. The summed E-state index contributed by atoms with van der Waals surface area (Å²) in [6, 6.07) is 47.1. The Bertz CT molecular complexity index is 4020. The number of ether oxygens (including phenoxy) is 7. The van der Waals surface area contributed by atoms with Gasteiger partial charge in [-0.25, -0.2) is 0 Å². The molecule has 7 fully saturated rings. The van der Waals surface area contributed by atoms with Gasteiger partial charge in [0.15, 0.2) is 0 Å². The maximum absolute atomic E-state index is 6.39. The van der Waals surface area contributed by atoms with Gasteiger partial charge >= 0.3 is 0 Å². The first-order valence-corrected chi connectivity index (χ1v) is 57.0. The van der Waals surface area contributed by atoms with Crippen LogP contribution in [-0.4, -0.2) is 39.2 Å². The zero-order valence-electron chi connectivity index (χ0n) is 98.0. The van der Waals surface area contributed by atoms with Gasteiger partial charge in [-0.15, -0.1) is 0 Å². The molecular formula is C133H210O7. The highest BCUT2D eigenvalue weighted by molar-refractivity contribution is 5.53. The van der Waals surface area contributed by atoms with Gasteiger partial charge in [0.25, 0.3) is 0 Å². The van der Waals surface area contributed by atoms with Crippen LogP contribution in [0, 0.1) is 41.4 Å². The molecule has 14 atom stereocenters. The fourth-order valence-corrected chi connectivity index (χ4v) is 19.7. The van der Waals surface area contributed by atoms with E-state index >= 15 is 0 Å². The lowest BCUT2D eigenvalue weighted by Crippen LogP contribution is -2.25. The molecule has 7 nitrogen and oxygen atoms in total. The van der Waals surface area contributed by atoms with Crippen LogP contribution in [0.3, 0.4) is 0 Å². The van der Waals surface area contributed by atoms with Crippen LogP contribution in [0.15, 0.2) is 127 Å². The number of benzene rings is 7. The molecule has 0 radical (unpaired) electrons. The quantitative estimate of drug-likeness (QED) is 0.0392. The molecule has 0 aromatic heterocycles. The summed E-state index contributed by atoms with van der Waals surface area (Å²) in [5.74, 6) is 22.4. The zero-order chi connectivity index (χ0) is 104. The highest BCUT2D eigenvalue weighted by atomic mass is 16.5. The minimum absolute atomic E-state index is 0.137. The van der Waals surface area contributed by atoms with Gasteiger partial charge in [-0.1, -0.05) is 273 Å². The first-order valence-electron chi connectivity index (χ1n) is 57.0. The van der Waals surface area contributed by atoms with Crippen molar-refractivity contribution in [2.24, 2.45) is 41.4 Å². The first-order chi connectivity index (χ1) is 65.3. The molecule has 7 aliphatic carbocycles. The molecule has 7 aromatic rings. The molecule has 0 amide bonds.